The first kappa shape index (κ1) is 26.5. The minimum atomic E-state index is -4.45. The summed E-state index contributed by atoms with van der Waals surface area (Å²) in [5.74, 6) is 1.59. The van der Waals surface area contributed by atoms with E-state index in [0.29, 0.717) is 38.8 Å². The van der Waals surface area contributed by atoms with E-state index in [2.05, 4.69) is 20.5 Å². The van der Waals surface area contributed by atoms with E-state index in [0.717, 1.165) is 17.8 Å². The number of thiazole rings is 1. The van der Waals surface area contributed by atoms with Crippen molar-refractivity contribution in [3.05, 3.63) is 94.1 Å². The Hall–Kier alpha value is -4.10. The molecule has 200 valence electrons. The molecule has 0 fully saturated rings. The van der Waals surface area contributed by atoms with Gasteiger partial charge < -0.3 is 14.5 Å². The number of nitrogens with zero attached hydrogens (tertiary/aromatic N) is 4. The van der Waals surface area contributed by atoms with Gasteiger partial charge in [0, 0.05) is 11.9 Å². The Morgan fingerprint density at radius 3 is 2.74 bits per heavy atom. The van der Waals surface area contributed by atoms with E-state index in [1.54, 1.807) is 30.9 Å². The molecule has 0 radical (unpaired) electrons. The van der Waals surface area contributed by atoms with Crippen molar-refractivity contribution in [2.24, 2.45) is 0 Å². The number of rotatable bonds is 9. The number of hydrogen-bond acceptors (Lipinski definition) is 8. The number of carbonyl (C=O) groups is 1. The number of carbonyl (C=O) groups excluding carboxylic acids is 1. The van der Waals surface area contributed by atoms with Crippen LogP contribution in [0.3, 0.4) is 0 Å². The fraction of sp³-hybridized carbons (Fsp3) is 0.154. The van der Waals surface area contributed by atoms with Crippen LogP contribution in [0.1, 0.15) is 26.6 Å². The molecule has 0 aliphatic carbocycles. The minimum Gasteiger partial charge on any atom is -0.495 e. The molecule has 0 bridgehead atoms. The van der Waals surface area contributed by atoms with Crippen LogP contribution >= 0.6 is 23.1 Å². The summed E-state index contributed by atoms with van der Waals surface area (Å²) in [5.41, 5.74) is 0.489. The van der Waals surface area contributed by atoms with Gasteiger partial charge in [0.05, 0.1) is 30.4 Å². The van der Waals surface area contributed by atoms with E-state index in [4.69, 9.17) is 9.15 Å². The number of ether oxygens (including phenoxy) is 1. The van der Waals surface area contributed by atoms with Crippen LogP contribution in [0.25, 0.3) is 17.3 Å². The standard InChI is InChI=1S/C26H20F3N5O3S2/c1-36-20-9-3-2-8-19(20)34-23(21-10-5-11-37-21)32-33-25(34)39-15-22-31-18(14-38-22)24(35)30-13-16-6-4-7-17(12-16)26(27,28)29/h2-12,14H,13,15H2,1H3,(H,30,35). The Labute approximate surface area is 228 Å². The lowest BCUT2D eigenvalue weighted by Crippen LogP contribution is -2.23. The molecule has 0 spiro atoms. The normalized spacial score (nSPS) is 11.5. The van der Waals surface area contributed by atoms with Crippen molar-refractivity contribution in [3.63, 3.8) is 0 Å². The lowest BCUT2D eigenvalue weighted by molar-refractivity contribution is -0.137. The van der Waals surface area contributed by atoms with Crippen molar-refractivity contribution in [2.75, 3.05) is 7.11 Å². The maximum absolute atomic E-state index is 12.9. The second-order valence-electron chi connectivity index (χ2n) is 8.09. The first-order valence-electron chi connectivity index (χ1n) is 11.5. The van der Waals surface area contributed by atoms with Crippen LogP contribution in [0.4, 0.5) is 13.2 Å². The molecule has 2 aromatic carbocycles. The second-order valence-corrected chi connectivity index (χ2v) is 9.97. The SMILES string of the molecule is COc1ccccc1-n1c(SCc2nc(C(=O)NCc3cccc(C(F)(F)F)c3)cs2)nnc1-c1ccco1. The molecule has 0 aliphatic rings. The van der Waals surface area contributed by atoms with E-state index in [1.165, 1.54) is 35.2 Å². The van der Waals surface area contributed by atoms with Gasteiger partial charge in [0.1, 0.15) is 16.5 Å². The van der Waals surface area contributed by atoms with Gasteiger partial charge in [-0.1, -0.05) is 36.0 Å². The second kappa shape index (κ2) is 11.3. The third-order valence-electron chi connectivity index (χ3n) is 5.52. The van der Waals surface area contributed by atoms with E-state index in [-0.39, 0.29) is 12.2 Å². The zero-order chi connectivity index (χ0) is 27.4. The van der Waals surface area contributed by atoms with Gasteiger partial charge in [-0.2, -0.15) is 13.2 Å². The van der Waals surface area contributed by atoms with Crippen molar-refractivity contribution in [2.45, 2.75) is 23.6 Å². The van der Waals surface area contributed by atoms with Crippen molar-refractivity contribution in [1.29, 1.82) is 0 Å². The first-order chi connectivity index (χ1) is 18.8. The highest BCUT2D eigenvalue weighted by atomic mass is 32.2. The van der Waals surface area contributed by atoms with Crippen molar-refractivity contribution in [3.8, 4) is 23.0 Å². The van der Waals surface area contributed by atoms with E-state index in [1.807, 2.05) is 28.8 Å². The van der Waals surface area contributed by atoms with Gasteiger partial charge >= 0.3 is 6.18 Å². The van der Waals surface area contributed by atoms with E-state index < -0.39 is 17.6 Å². The average Bonchev–Trinajstić information content (AvgIpc) is 3.71. The lowest BCUT2D eigenvalue weighted by atomic mass is 10.1. The monoisotopic (exact) mass is 571 g/mol. The number of nitrogens with one attached hydrogen (secondary N) is 1. The van der Waals surface area contributed by atoms with Gasteiger partial charge in [-0.3, -0.25) is 9.36 Å². The Balaban J connectivity index is 1.29. The van der Waals surface area contributed by atoms with Crippen molar-refractivity contribution in [1.82, 2.24) is 25.1 Å². The number of alkyl halides is 3. The smallest absolute Gasteiger partial charge is 0.416 e. The highest BCUT2D eigenvalue weighted by Gasteiger charge is 2.30. The molecule has 0 aliphatic heterocycles. The first-order valence-corrected chi connectivity index (χ1v) is 13.3. The summed E-state index contributed by atoms with van der Waals surface area (Å²) in [5, 5.41) is 14.1. The average molecular weight is 572 g/mol. The number of aromatic nitrogens is 4. The summed E-state index contributed by atoms with van der Waals surface area (Å²) < 4.78 is 51.8. The van der Waals surface area contributed by atoms with E-state index in [9.17, 15) is 18.0 Å². The van der Waals surface area contributed by atoms with Gasteiger partial charge in [-0.05, 0) is 42.0 Å². The highest BCUT2D eigenvalue weighted by Crippen LogP contribution is 2.34. The maximum atomic E-state index is 12.9. The van der Waals surface area contributed by atoms with Crippen LogP contribution in [0.5, 0.6) is 5.75 Å². The zero-order valence-electron chi connectivity index (χ0n) is 20.3. The molecule has 5 aromatic rings. The van der Waals surface area contributed by atoms with Crippen LogP contribution < -0.4 is 10.1 Å². The Morgan fingerprint density at radius 1 is 1.13 bits per heavy atom. The molecule has 8 nitrogen and oxygen atoms in total. The lowest BCUT2D eigenvalue weighted by Gasteiger charge is -2.12. The predicted octanol–water partition coefficient (Wildman–Crippen LogP) is 6.23. The molecule has 1 N–H and O–H groups in total. The summed E-state index contributed by atoms with van der Waals surface area (Å²) in [4.78, 5) is 17.0. The number of methoxy groups -OCH3 is 1. The third-order valence-corrected chi connectivity index (χ3v) is 7.49. The molecular formula is C26H20F3N5O3S2. The third kappa shape index (κ3) is 5.99. The Morgan fingerprint density at radius 2 is 1.97 bits per heavy atom. The molecule has 5 rings (SSSR count). The number of halogens is 3. The van der Waals surface area contributed by atoms with E-state index >= 15 is 0 Å². The molecule has 0 unspecified atom stereocenters. The van der Waals surface area contributed by atoms with Gasteiger partial charge in [0.15, 0.2) is 10.9 Å². The number of benzene rings is 2. The molecular weight excluding hydrogens is 551 g/mol. The topological polar surface area (TPSA) is 95.1 Å². The Kier molecular flexibility index (Phi) is 7.70. The number of amides is 1. The molecule has 3 heterocycles. The fourth-order valence-corrected chi connectivity index (χ4v) is 5.44. The summed E-state index contributed by atoms with van der Waals surface area (Å²) >= 11 is 2.67. The molecule has 3 aromatic heterocycles. The molecule has 13 heteroatoms. The quantitative estimate of drug-likeness (QED) is 0.210. The molecule has 1 amide bonds. The van der Waals surface area contributed by atoms with Crippen LogP contribution in [-0.4, -0.2) is 32.8 Å². The summed E-state index contributed by atoms with van der Waals surface area (Å²) in [7, 11) is 1.58. The number of thioether (sulfide) groups is 1. The van der Waals surface area contributed by atoms with Crippen LogP contribution in [0, 0.1) is 0 Å². The van der Waals surface area contributed by atoms with Gasteiger partial charge in [-0.15, -0.1) is 21.5 Å². The Bertz CT molecular complexity index is 1580. The van der Waals surface area contributed by atoms with Gasteiger partial charge in [0.2, 0.25) is 5.82 Å². The molecule has 0 atom stereocenters. The number of hydrogen-bond donors (Lipinski definition) is 1. The number of para-hydroxylation sites is 2. The largest absolute Gasteiger partial charge is 0.495 e. The van der Waals surface area contributed by atoms with Crippen LogP contribution in [0.2, 0.25) is 0 Å². The van der Waals surface area contributed by atoms with Crippen molar-refractivity contribution < 1.29 is 27.1 Å². The van der Waals surface area contributed by atoms with Crippen LogP contribution in [0.15, 0.2) is 81.9 Å². The molecule has 0 saturated heterocycles. The maximum Gasteiger partial charge on any atom is 0.416 e. The minimum absolute atomic E-state index is 0.0536. The van der Waals surface area contributed by atoms with Gasteiger partial charge in [0.25, 0.3) is 5.91 Å². The highest BCUT2D eigenvalue weighted by molar-refractivity contribution is 7.98. The van der Waals surface area contributed by atoms with Crippen LogP contribution in [-0.2, 0) is 18.5 Å². The summed E-state index contributed by atoms with van der Waals surface area (Å²) in [6.45, 7) is -0.0536. The number of furan rings is 1. The summed E-state index contributed by atoms with van der Waals surface area (Å²) in [6.07, 6.45) is -2.89. The predicted molar refractivity (Wildman–Crippen MR) is 140 cm³/mol. The molecule has 39 heavy (non-hydrogen) atoms. The zero-order valence-corrected chi connectivity index (χ0v) is 21.9. The van der Waals surface area contributed by atoms with Crippen molar-refractivity contribution >= 4 is 29.0 Å². The fourth-order valence-electron chi connectivity index (χ4n) is 3.70. The molecule has 0 saturated carbocycles. The van der Waals surface area contributed by atoms with Gasteiger partial charge in [-0.25, -0.2) is 4.98 Å². The summed E-state index contributed by atoms with van der Waals surface area (Å²) in [6, 6.07) is 15.8.